The van der Waals surface area contributed by atoms with Crippen LogP contribution in [-0.4, -0.2) is 12.2 Å². The highest BCUT2D eigenvalue weighted by atomic mass is 19.1. The fourth-order valence-corrected chi connectivity index (χ4v) is 1.04. The minimum atomic E-state index is -0.708. The van der Waals surface area contributed by atoms with Crippen LogP contribution in [0.4, 0.5) is 10.1 Å². The van der Waals surface area contributed by atoms with Crippen LogP contribution in [0.15, 0.2) is 17.2 Å². The second-order valence-corrected chi connectivity index (χ2v) is 2.43. The fourth-order valence-electron chi connectivity index (χ4n) is 1.04. The van der Waals surface area contributed by atoms with Gasteiger partial charge in [0.2, 0.25) is 0 Å². The van der Waals surface area contributed by atoms with Crippen LogP contribution in [0.5, 0.6) is 5.75 Å². The number of aliphatic hydroxyl groups is 1. The lowest BCUT2D eigenvalue weighted by molar-refractivity contribution is 0.273. The minimum Gasteiger partial charge on any atom is -0.494 e. The third-order valence-electron chi connectivity index (χ3n) is 1.71. The summed E-state index contributed by atoms with van der Waals surface area (Å²) in [5.74, 6) is -0.703. The molecule has 0 aliphatic carbocycles. The van der Waals surface area contributed by atoms with E-state index < -0.39 is 12.4 Å². The molecule has 1 rings (SSSR count). The van der Waals surface area contributed by atoms with Crippen LogP contribution in [0.25, 0.3) is 10.4 Å². The molecule has 6 heteroatoms. The Labute approximate surface area is 79.4 Å². The summed E-state index contributed by atoms with van der Waals surface area (Å²) in [4.78, 5) is 2.52. The molecule has 14 heavy (non-hydrogen) atoms. The Morgan fingerprint density at radius 1 is 1.64 bits per heavy atom. The van der Waals surface area contributed by atoms with Gasteiger partial charge in [0.05, 0.1) is 13.7 Å². The van der Waals surface area contributed by atoms with E-state index in [0.717, 1.165) is 0 Å². The van der Waals surface area contributed by atoms with Crippen LogP contribution >= 0.6 is 0 Å². The molecule has 0 aliphatic heterocycles. The monoisotopic (exact) mass is 197 g/mol. The molecular weight excluding hydrogens is 189 g/mol. The number of hydrogen-bond acceptors (Lipinski definition) is 3. The third kappa shape index (κ3) is 1.76. The predicted molar refractivity (Wildman–Crippen MR) is 47.7 cm³/mol. The average molecular weight is 197 g/mol. The highest BCUT2D eigenvalue weighted by molar-refractivity contribution is 5.50. The molecule has 0 unspecified atom stereocenters. The summed E-state index contributed by atoms with van der Waals surface area (Å²) in [6, 6.07) is 2.71. The summed E-state index contributed by atoms with van der Waals surface area (Å²) in [5, 5.41) is 12.1. The molecule has 0 aromatic heterocycles. The van der Waals surface area contributed by atoms with E-state index in [0.29, 0.717) is 0 Å². The Balaban J connectivity index is 3.35. The second-order valence-electron chi connectivity index (χ2n) is 2.43. The third-order valence-corrected chi connectivity index (χ3v) is 1.71. The van der Waals surface area contributed by atoms with Gasteiger partial charge in [-0.1, -0.05) is 5.11 Å². The van der Waals surface area contributed by atoms with Gasteiger partial charge in [-0.2, -0.15) is 0 Å². The lowest BCUT2D eigenvalue weighted by atomic mass is 10.1. The standard InChI is InChI=1S/C8H8FN3O2/c1-14-7-3-2-6(11-12-10)5(4-13)8(7)9/h2-3,13H,4H2,1H3. The largest absolute Gasteiger partial charge is 0.494 e. The van der Waals surface area contributed by atoms with E-state index in [1.54, 1.807) is 0 Å². The van der Waals surface area contributed by atoms with Crippen molar-refractivity contribution < 1.29 is 14.2 Å². The second kappa shape index (κ2) is 4.45. The number of nitrogens with zero attached hydrogens (tertiary/aromatic N) is 3. The van der Waals surface area contributed by atoms with Gasteiger partial charge in [0, 0.05) is 16.2 Å². The smallest absolute Gasteiger partial charge is 0.171 e. The highest BCUT2D eigenvalue weighted by Crippen LogP contribution is 2.29. The van der Waals surface area contributed by atoms with Gasteiger partial charge in [-0.25, -0.2) is 4.39 Å². The van der Waals surface area contributed by atoms with Crippen LogP contribution in [-0.2, 0) is 6.61 Å². The fraction of sp³-hybridized carbons (Fsp3) is 0.250. The molecular formula is C8H8FN3O2. The molecule has 0 aliphatic rings. The zero-order valence-corrected chi connectivity index (χ0v) is 7.44. The van der Waals surface area contributed by atoms with Gasteiger partial charge >= 0.3 is 0 Å². The number of benzene rings is 1. The highest BCUT2D eigenvalue weighted by Gasteiger charge is 2.11. The molecule has 0 bridgehead atoms. The lowest BCUT2D eigenvalue weighted by Gasteiger charge is -2.07. The van der Waals surface area contributed by atoms with Crippen molar-refractivity contribution in [3.8, 4) is 5.75 Å². The van der Waals surface area contributed by atoms with Crippen molar-refractivity contribution in [3.63, 3.8) is 0 Å². The number of hydrogen-bond donors (Lipinski definition) is 1. The predicted octanol–water partition coefficient (Wildman–Crippen LogP) is 2.27. The first kappa shape index (κ1) is 10.3. The van der Waals surface area contributed by atoms with Gasteiger partial charge in [0.1, 0.15) is 0 Å². The Bertz CT molecular complexity index is 388. The summed E-state index contributed by atoms with van der Waals surface area (Å²) in [6.45, 7) is -0.544. The van der Waals surface area contributed by atoms with E-state index in [2.05, 4.69) is 10.0 Å². The first-order valence-electron chi connectivity index (χ1n) is 3.76. The van der Waals surface area contributed by atoms with Gasteiger partial charge in [0.15, 0.2) is 11.6 Å². The molecule has 0 fully saturated rings. The van der Waals surface area contributed by atoms with Gasteiger partial charge in [-0.05, 0) is 17.7 Å². The molecule has 0 spiro atoms. The summed E-state index contributed by atoms with van der Waals surface area (Å²) in [6.07, 6.45) is 0. The SMILES string of the molecule is COc1ccc(N=[N+]=[N-])c(CO)c1F. The van der Waals surface area contributed by atoms with Crippen LogP contribution in [0.2, 0.25) is 0 Å². The molecule has 0 heterocycles. The van der Waals surface area contributed by atoms with Crippen molar-refractivity contribution in [2.24, 2.45) is 5.11 Å². The maximum Gasteiger partial charge on any atom is 0.171 e. The normalized spacial score (nSPS) is 9.36. The van der Waals surface area contributed by atoms with Crippen molar-refractivity contribution in [3.05, 3.63) is 34.0 Å². The lowest BCUT2D eigenvalue weighted by Crippen LogP contribution is -1.95. The Hall–Kier alpha value is -1.78. The molecule has 0 saturated carbocycles. The number of methoxy groups -OCH3 is 1. The zero-order valence-electron chi connectivity index (χ0n) is 7.44. The first-order valence-corrected chi connectivity index (χ1v) is 3.76. The van der Waals surface area contributed by atoms with Crippen LogP contribution in [0.3, 0.4) is 0 Å². The molecule has 0 amide bonds. The van der Waals surface area contributed by atoms with Crippen molar-refractivity contribution >= 4 is 5.69 Å². The molecule has 5 nitrogen and oxygen atoms in total. The van der Waals surface area contributed by atoms with E-state index in [1.807, 2.05) is 0 Å². The van der Waals surface area contributed by atoms with Gasteiger partial charge in [-0.3, -0.25) is 0 Å². The molecule has 0 radical (unpaired) electrons. The molecule has 1 N–H and O–H groups in total. The Kier molecular flexibility index (Phi) is 3.28. The van der Waals surface area contributed by atoms with Gasteiger partial charge in [-0.15, -0.1) is 0 Å². The quantitative estimate of drug-likeness (QED) is 0.458. The van der Waals surface area contributed by atoms with Crippen molar-refractivity contribution in [1.29, 1.82) is 0 Å². The van der Waals surface area contributed by atoms with Crippen LogP contribution < -0.4 is 4.74 Å². The van der Waals surface area contributed by atoms with Crippen molar-refractivity contribution in [1.82, 2.24) is 0 Å². The summed E-state index contributed by atoms with van der Waals surface area (Å²) in [7, 11) is 1.31. The summed E-state index contributed by atoms with van der Waals surface area (Å²) < 4.78 is 18.1. The van der Waals surface area contributed by atoms with Gasteiger partial charge in [0.25, 0.3) is 0 Å². The summed E-state index contributed by atoms with van der Waals surface area (Å²) in [5.41, 5.74) is 8.18. The van der Waals surface area contributed by atoms with E-state index in [9.17, 15) is 4.39 Å². The van der Waals surface area contributed by atoms with E-state index in [4.69, 9.17) is 15.4 Å². The first-order chi connectivity index (χ1) is 6.74. The number of halogens is 1. The number of azide groups is 1. The topological polar surface area (TPSA) is 78.2 Å². The van der Waals surface area contributed by atoms with Crippen molar-refractivity contribution in [2.45, 2.75) is 6.61 Å². The minimum absolute atomic E-state index is 0.00550. The van der Waals surface area contributed by atoms with E-state index >= 15 is 0 Å². The maximum absolute atomic E-state index is 13.4. The zero-order chi connectivity index (χ0) is 10.6. The maximum atomic E-state index is 13.4. The molecule has 1 aromatic rings. The number of aliphatic hydroxyl groups excluding tert-OH is 1. The molecule has 0 atom stereocenters. The number of ether oxygens (including phenoxy) is 1. The van der Waals surface area contributed by atoms with Crippen molar-refractivity contribution in [2.75, 3.05) is 7.11 Å². The summed E-state index contributed by atoms with van der Waals surface area (Å²) >= 11 is 0. The number of rotatable bonds is 3. The van der Waals surface area contributed by atoms with Crippen LogP contribution in [0, 0.1) is 5.82 Å². The Morgan fingerprint density at radius 3 is 2.86 bits per heavy atom. The molecule has 0 saturated heterocycles. The van der Waals surface area contributed by atoms with E-state index in [-0.39, 0.29) is 17.0 Å². The van der Waals surface area contributed by atoms with Gasteiger partial charge < -0.3 is 9.84 Å². The Morgan fingerprint density at radius 2 is 2.36 bits per heavy atom. The van der Waals surface area contributed by atoms with Crippen LogP contribution in [0.1, 0.15) is 5.56 Å². The molecule has 74 valence electrons. The average Bonchev–Trinajstić information content (AvgIpc) is 2.19. The molecule has 1 aromatic carbocycles. The van der Waals surface area contributed by atoms with E-state index in [1.165, 1.54) is 19.2 Å².